The summed E-state index contributed by atoms with van der Waals surface area (Å²) in [5, 5.41) is 10.3. The number of rotatable bonds is 6. The molecular formula is C15H20N4O. The van der Waals surface area contributed by atoms with E-state index in [0.717, 1.165) is 30.8 Å². The van der Waals surface area contributed by atoms with E-state index in [4.69, 9.17) is 0 Å². The van der Waals surface area contributed by atoms with Gasteiger partial charge >= 0.3 is 0 Å². The molecule has 0 saturated heterocycles. The second kappa shape index (κ2) is 6.86. The van der Waals surface area contributed by atoms with Crippen molar-refractivity contribution in [3.05, 3.63) is 47.8 Å². The molecule has 2 rings (SSSR count). The number of nitrogens with zero attached hydrogens (tertiary/aromatic N) is 2. The first-order valence-electron chi connectivity index (χ1n) is 6.79. The number of aromatic nitrogens is 2. The van der Waals surface area contributed by atoms with Gasteiger partial charge < -0.3 is 10.6 Å². The predicted octanol–water partition coefficient (Wildman–Crippen LogP) is 2.17. The van der Waals surface area contributed by atoms with E-state index in [1.165, 1.54) is 0 Å². The van der Waals surface area contributed by atoms with E-state index in [2.05, 4.69) is 22.7 Å². The van der Waals surface area contributed by atoms with Gasteiger partial charge in [-0.25, -0.2) is 0 Å². The number of anilines is 1. The molecule has 5 nitrogen and oxygen atoms in total. The summed E-state index contributed by atoms with van der Waals surface area (Å²) < 4.78 is 1.61. The lowest BCUT2D eigenvalue weighted by molar-refractivity contribution is 0.102. The van der Waals surface area contributed by atoms with Gasteiger partial charge in [0, 0.05) is 25.5 Å². The molecule has 1 heterocycles. The fourth-order valence-corrected chi connectivity index (χ4v) is 1.90. The van der Waals surface area contributed by atoms with Gasteiger partial charge in [-0.3, -0.25) is 9.48 Å². The lowest BCUT2D eigenvalue weighted by atomic mass is 10.2. The Morgan fingerprint density at radius 1 is 1.35 bits per heavy atom. The molecular weight excluding hydrogens is 252 g/mol. The van der Waals surface area contributed by atoms with Crippen molar-refractivity contribution < 1.29 is 4.79 Å². The molecule has 0 aliphatic rings. The molecule has 0 saturated carbocycles. The first-order valence-corrected chi connectivity index (χ1v) is 6.79. The molecule has 0 aliphatic heterocycles. The molecule has 0 unspecified atom stereocenters. The van der Waals surface area contributed by atoms with Gasteiger partial charge in [0.25, 0.3) is 5.91 Å². The minimum absolute atomic E-state index is 0.190. The number of hydrogen-bond donors (Lipinski definition) is 2. The molecule has 0 atom stereocenters. The van der Waals surface area contributed by atoms with Crippen molar-refractivity contribution in [3.63, 3.8) is 0 Å². The van der Waals surface area contributed by atoms with Crippen molar-refractivity contribution >= 4 is 11.6 Å². The second-order valence-electron chi connectivity index (χ2n) is 4.71. The van der Waals surface area contributed by atoms with Gasteiger partial charge in [0.05, 0.1) is 0 Å². The molecule has 0 fully saturated rings. The summed E-state index contributed by atoms with van der Waals surface area (Å²) in [6.07, 6.45) is 2.86. The van der Waals surface area contributed by atoms with Crippen molar-refractivity contribution in [1.82, 2.24) is 15.1 Å². The van der Waals surface area contributed by atoms with Crippen LogP contribution in [-0.4, -0.2) is 22.2 Å². The molecule has 1 aromatic heterocycles. The van der Waals surface area contributed by atoms with Crippen LogP contribution < -0.4 is 10.6 Å². The van der Waals surface area contributed by atoms with Crippen LogP contribution in [0.15, 0.2) is 36.5 Å². The van der Waals surface area contributed by atoms with Crippen LogP contribution in [0.2, 0.25) is 0 Å². The number of carbonyl (C=O) groups is 1. The standard InChI is InChI=1S/C15H20N4O/c1-3-8-16-11-12-5-4-6-13(10-12)17-15(20)14-7-9-19(2)18-14/h4-7,9-10,16H,3,8,11H2,1-2H3,(H,17,20). The number of aryl methyl sites for hydroxylation is 1. The Labute approximate surface area is 119 Å². The Kier molecular flexibility index (Phi) is 4.90. The van der Waals surface area contributed by atoms with Gasteiger partial charge in [-0.2, -0.15) is 5.10 Å². The van der Waals surface area contributed by atoms with E-state index < -0.39 is 0 Å². The predicted molar refractivity (Wildman–Crippen MR) is 79.6 cm³/mol. The first-order chi connectivity index (χ1) is 9.69. The summed E-state index contributed by atoms with van der Waals surface area (Å²) in [5.74, 6) is -0.190. The van der Waals surface area contributed by atoms with Gasteiger partial charge in [0.2, 0.25) is 0 Å². The van der Waals surface area contributed by atoms with E-state index in [1.807, 2.05) is 24.3 Å². The monoisotopic (exact) mass is 272 g/mol. The lowest BCUT2D eigenvalue weighted by Crippen LogP contribution is -2.15. The van der Waals surface area contributed by atoms with Gasteiger partial charge in [-0.15, -0.1) is 0 Å². The third-order valence-corrected chi connectivity index (χ3v) is 2.89. The van der Waals surface area contributed by atoms with Crippen LogP contribution >= 0.6 is 0 Å². The summed E-state index contributed by atoms with van der Waals surface area (Å²) in [7, 11) is 1.79. The number of nitrogens with one attached hydrogen (secondary N) is 2. The zero-order chi connectivity index (χ0) is 14.4. The minimum Gasteiger partial charge on any atom is -0.321 e. The van der Waals surface area contributed by atoms with E-state index >= 15 is 0 Å². The Balaban J connectivity index is 1.98. The van der Waals surface area contributed by atoms with Crippen molar-refractivity contribution in [2.75, 3.05) is 11.9 Å². The molecule has 20 heavy (non-hydrogen) atoms. The first kappa shape index (κ1) is 14.3. The zero-order valence-electron chi connectivity index (χ0n) is 11.9. The van der Waals surface area contributed by atoms with Crippen molar-refractivity contribution in [2.24, 2.45) is 7.05 Å². The summed E-state index contributed by atoms with van der Waals surface area (Å²) in [6, 6.07) is 9.53. The average molecular weight is 272 g/mol. The molecule has 1 amide bonds. The van der Waals surface area contributed by atoms with Crippen LogP contribution in [0.1, 0.15) is 29.4 Å². The fraction of sp³-hybridized carbons (Fsp3) is 0.333. The fourth-order valence-electron chi connectivity index (χ4n) is 1.90. The second-order valence-corrected chi connectivity index (χ2v) is 4.71. The van der Waals surface area contributed by atoms with Crippen molar-refractivity contribution in [2.45, 2.75) is 19.9 Å². The van der Waals surface area contributed by atoms with Crippen LogP contribution in [0, 0.1) is 0 Å². The Bertz CT molecular complexity index is 577. The largest absolute Gasteiger partial charge is 0.321 e. The molecule has 0 aliphatic carbocycles. The molecule has 1 aromatic carbocycles. The zero-order valence-corrected chi connectivity index (χ0v) is 11.9. The Hall–Kier alpha value is -2.14. The van der Waals surface area contributed by atoms with E-state index in [1.54, 1.807) is 24.0 Å². The van der Waals surface area contributed by atoms with E-state index in [-0.39, 0.29) is 5.91 Å². The van der Waals surface area contributed by atoms with Crippen LogP contribution in [0.25, 0.3) is 0 Å². The maximum atomic E-state index is 12.0. The molecule has 0 radical (unpaired) electrons. The molecule has 0 bridgehead atoms. The molecule has 0 spiro atoms. The third kappa shape index (κ3) is 3.93. The summed E-state index contributed by atoms with van der Waals surface area (Å²) in [6.45, 7) is 3.93. The highest BCUT2D eigenvalue weighted by molar-refractivity contribution is 6.02. The molecule has 2 aromatic rings. The number of hydrogen-bond acceptors (Lipinski definition) is 3. The van der Waals surface area contributed by atoms with E-state index in [0.29, 0.717) is 5.69 Å². The van der Waals surface area contributed by atoms with Gasteiger partial charge in [0.15, 0.2) is 5.69 Å². The van der Waals surface area contributed by atoms with Gasteiger partial charge in [-0.05, 0) is 36.7 Å². The molecule has 5 heteroatoms. The van der Waals surface area contributed by atoms with Crippen molar-refractivity contribution in [1.29, 1.82) is 0 Å². The Morgan fingerprint density at radius 3 is 2.90 bits per heavy atom. The van der Waals surface area contributed by atoms with E-state index in [9.17, 15) is 4.79 Å². The highest BCUT2D eigenvalue weighted by Crippen LogP contribution is 2.11. The summed E-state index contributed by atoms with van der Waals surface area (Å²) in [5.41, 5.74) is 2.36. The summed E-state index contributed by atoms with van der Waals surface area (Å²) >= 11 is 0. The number of carbonyl (C=O) groups excluding carboxylic acids is 1. The average Bonchev–Trinajstić information content (AvgIpc) is 2.86. The normalized spacial score (nSPS) is 10.5. The minimum atomic E-state index is -0.190. The van der Waals surface area contributed by atoms with Crippen LogP contribution in [0.3, 0.4) is 0 Å². The maximum Gasteiger partial charge on any atom is 0.276 e. The SMILES string of the molecule is CCCNCc1cccc(NC(=O)c2ccn(C)n2)c1. The van der Waals surface area contributed by atoms with Crippen LogP contribution in [-0.2, 0) is 13.6 Å². The summed E-state index contributed by atoms with van der Waals surface area (Å²) in [4.78, 5) is 12.0. The van der Waals surface area contributed by atoms with Gasteiger partial charge in [-0.1, -0.05) is 19.1 Å². The quantitative estimate of drug-likeness (QED) is 0.792. The lowest BCUT2D eigenvalue weighted by Gasteiger charge is -2.07. The number of amides is 1. The smallest absolute Gasteiger partial charge is 0.276 e. The number of benzene rings is 1. The maximum absolute atomic E-state index is 12.0. The van der Waals surface area contributed by atoms with Gasteiger partial charge in [0.1, 0.15) is 0 Å². The third-order valence-electron chi connectivity index (χ3n) is 2.89. The highest BCUT2D eigenvalue weighted by Gasteiger charge is 2.09. The molecule has 2 N–H and O–H groups in total. The van der Waals surface area contributed by atoms with Crippen LogP contribution in [0.5, 0.6) is 0 Å². The Morgan fingerprint density at radius 2 is 2.20 bits per heavy atom. The highest BCUT2D eigenvalue weighted by atomic mass is 16.1. The van der Waals surface area contributed by atoms with Crippen LogP contribution in [0.4, 0.5) is 5.69 Å². The van der Waals surface area contributed by atoms with Crippen molar-refractivity contribution in [3.8, 4) is 0 Å². The topological polar surface area (TPSA) is 58.9 Å². The molecule has 106 valence electrons.